The third-order valence-corrected chi connectivity index (χ3v) is 6.81. The van der Waals surface area contributed by atoms with E-state index in [0.29, 0.717) is 21.8 Å². The first-order valence-electron chi connectivity index (χ1n) is 11.5. The number of rotatable bonds is 8. The van der Waals surface area contributed by atoms with Gasteiger partial charge in [0.05, 0.1) is 22.9 Å². The molecule has 5 nitrogen and oxygen atoms in total. The predicted molar refractivity (Wildman–Crippen MR) is 144 cm³/mol. The maximum Gasteiger partial charge on any atom is 0.266 e. The molecule has 34 heavy (non-hydrogen) atoms. The van der Waals surface area contributed by atoms with Crippen molar-refractivity contribution in [2.24, 2.45) is 5.92 Å². The van der Waals surface area contributed by atoms with Crippen molar-refractivity contribution in [3.63, 3.8) is 0 Å². The molecular formula is C27H29N3O2S2. The van der Waals surface area contributed by atoms with E-state index in [9.17, 15) is 4.79 Å². The van der Waals surface area contributed by atoms with E-state index in [4.69, 9.17) is 22.1 Å². The minimum atomic E-state index is -0.0580. The number of carbonyl (C=O) groups is 1. The Kier molecular flexibility index (Phi) is 7.54. The molecule has 3 aromatic rings. The smallest absolute Gasteiger partial charge is 0.266 e. The van der Waals surface area contributed by atoms with Crippen LogP contribution in [0.15, 0.2) is 65.7 Å². The first-order valence-corrected chi connectivity index (χ1v) is 12.7. The van der Waals surface area contributed by atoms with Gasteiger partial charge in [0.15, 0.2) is 0 Å². The average Bonchev–Trinajstić information content (AvgIpc) is 3.35. The lowest BCUT2D eigenvalue weighted by molar-refractivity contribution is -0.123. The molecule has 1 amide bonds. The monoisotopic (exact) mass is 491 g/mol. The number of thioether (sulfide) groups is 1. The number of para-hydroxylation sites is 1. The second-order valence-corrected chi connectivity index (χ2v) is 10.6. The van der Waals surface area contributed by atoms with Crippen LogP contribution in [-0.2, 0) is 4.79 Å². The molecule has 0 spiro atoms. The van der Waals surface area contributed by atoms with E-state index in [0.717, 1.165) is 34.7 Å². The molecule has 0 radical (unpaired) electrons. The van der Waals surface area contributed by atoms with E-state index in [1.807, 2.05) is 85.4 Å². The molecule has 1 aliphatic heterocycles. The summed E-state index contributed by atoms with van der Waals surface area (Å²) >= 11 is 6.79. The van der Waals surface area contributed by atoms with Gasteiger partial charge in [-0.3, -0.25) is 9.69 Å². The fraction of sp³-hybridized carbons (Fsp3) is 0.296. The van der Waals surface area contributed by atoms with Crippen LogP contribution in [0.2, 0.25) is 0 Å². The van der Waals surface area contributed by atoms with Crippen molar-refractivity contribution in [1.29, 1.82) is 0 Å². The van der Waals surface area contributed by atoms with Gasteiger partial charge in [0, 0.05) is 23.4 Å². The Bertz CT molecular complexity index is 1200. The zero-order valence-electron chi connectivity index (χ0n) is 19.9. The molecule has 0 bridgehead atoms. The molecule has 1 aliphatic rings. The minimum Gasteiger partial charge on any atom is -0.494 e. The lowest BCUT2D eigenvalue weighted by Gasteiger charge is -2.18. The van der Waals surface area contributed by atoms with Gasteiger partial charge < -0.3 is 4.74 Å². The Morgan fingerprint density at radius 3 is 2.38 bits per heavy atom. The Morgan fingerprint density at radius 1 is 1.06 bits per heavy atom. The SMILES string of the molecule is CC(C)CCOc1ccc(-c2nn(-c3ccccc3)cc2/C=C2/SC(=S)N(C(C)C)C2=O)cc1. The van der Waals surface area contributed by atoms with Crippen molar-refractivity contribution < 1.29 is 9.53 Å². The number of ether oxygens (including phenoxy) is 1. The summed E-state index contributed by atoms with van der Waals surface area (Å²) in [6.45, 7) is 9.01. The van der Waals surface area contributed by atoms with E-state index in [1.165, 1.54) is 11.8 Å². The van der Waals surface area contributed by atoms with Crippen molar-refractivity contribution in [3.8, 4) is 22.7 Å². The van der Waals surface area contributed by atoms with Crippen LogP contribution in [0, 0.1) is 5.92 Å². The molecule has 176 valence electrons. The molecular weight excluding hydrogens is 462 g/mol. The van der Waals surface area contributed by atoms with Crippen molar-refractivity contribution in [2.45, 2.75) is 40.2 Å². The molecule has 2 aromatic carbocycles. The van der Waals surface area contributed by atoms with Crippen LogP contribution in [0.4, 0.5) is 0 Å². The number of thiocarbonyl (C=S) groups is 1. The van der Waals surface area contributed by atoms with E-state index in [1.54, 1.807) is 4.90 Å². The third-order valence-electron chi connectivity index (χ3n) is 5.48. The number of amides is 1. The summed E-state index contributed by atoms with van der Waals surface area (Å²) in [4.78, 5) is 15.3. The highest BCUT2D eigenvalue weighted by Gasteiger charge is 2.34. The minimum absolute atomic E-state index is 0.0214. The summed E-state index contributed by atoms with van der Waals surface area (Å²) in [6, 6.07) is 17.9. The number of aromatic nitrogens is 2. The Balaban J connectivity index is 1.69. The largest absolute Gasteiger partial charge is 0.494 e. The molecule has 2 heterocycles. The van der Waals surface area contributed by atoms with Gasteiger partial charge >= 0.3 is 0 Å². The summed E-state index contributed by atoms with van der Waals surface area (Å²) in [5.41, 5.74) is 3.57. The molecule has 1 aromatic heterocycles. The Morgan fingerprint density at radius 2 is 1.76 bits per heavy atom. The number of hydrogen-bond acceptors (Lipinski definition) is 5. The summed E-state index contributed by atoms with van der Waals surface area (Å²) in [7, 11) is 0. The summed E-state index contributed by atoms with van der Waals surface area (Å²) < 4.78 is 8.31. The molecule has 1 fully saturated rings. The highest BCUT2D eigenvalue weighted by Crippen LogP contribution is 2.36. The second kappa shape index (κ2) is 10.6. The molecule has 0 N–H and O–H groups in total. The fourth-order valence-corrected chi connectivity index (χ4v) is 5.13. The first kappa shape index (κ1) is 24.2. The molecule has 0 atom stereocenters. The van der Waals surface area contributed by atoms with Gasteiger partial charge in [0.1, 0.15) is 10.1 Å². The second-order valence-electron chi connectivity index (χ2n) is 8.91. The Labute approximate surface area is 210 Å². The van der Waals surface area contributed by atoms with Gasteiger partial charge in [-0.2, -0.15) is 5.10 Å². The molecule has 4 rings (SSSR count). The topological polar surface area (TPSA) is 47.4 Å². The van der Waals surface area contributed by atoms with Crippen LogP contribution < -0.4 is 4.74 Å². The van der Waals surface area contributed by atoms with E-state index in [-0.39, 0.29) is 11.9 Å². The van der Waals surface area contributed by atoms with Crippen molar-refractivity contribution in [3.05, 3.63) is 71.3 Å². The first-order chi connectivity index (χ1) is 16.3. The van der Waals surface area contributed by atoms with Crippen LogP contribution >= 0.6 is 24.0 Å². The zero-order valence-corrected chi connectivity index (χ0v) is 21.5. The standard InChI is InChI=1S/C27H29N3O2S2/c1-18(2)14-15-32-23-12-10-20(11-13-23)25-21(17-29(28-25)22-8-6-5-7-9-22)16-24-26(31)30(19(3)4)27(33)34-24/h5-13,16-19H,14-15H2,1-4H3/b24-16+. The number of nitrogens with zero attached hydrogens (tertiary/aromatic N) is 3. The van der Waals surface area contributed by atoms with E-state index >= 15 is 0 Å². The zero-order chi connectivity index (χ0) is 24.2. The van der Waals surface area contributed by atoms with Gasteiger partial charge in [-0.25, -0.2) is 4.68 Å². The molecule has 7 heteroatoms. The maximum atomic E-state index is 13.0. The lowest BCUT2D eigenvalue weighted by Crippen LogP contribution is -2.34. The lowest BCUT2D eigenvalue weighted by atomic mass is 10.1. The maximum absolute atomic E-state index is 13.0. The number of benzene rings is 2. The predicted octanol–water partition coefficient (Wildman–Crippen LogP) is 6.57. The summed E-state index contributed by atoms with van der Waals surface area (Å²) in [6.07, 6.45) is 4.87. The molecule has 0 aliphatic carbocycles. The number of carbonyl (C=O) groups excluding carboxylic acids is 1. The van der Waals surface area contributed by atoms with Crippen LogP contribution in [0.1, 0.15) is 39.7 Å². The summed E-state index contributed by atoms with van der Waals surface area (Å²) in [5.74, 6) is 1.39. The van der Waals surface area contributed by atoms with Crippen LogP contribution in [-0.4, -0.2) is 37.6 Å². The molecule has 0 saturated carbocycles. The van der Waals surface area contributed by atoms with Crippen molar-refractivity contribution in [1.82, 2.24) is 14.7 Å². The summed E-state index contributed by atoms with van der Waals surface area (Å²) in [5, 5.41) is 4.87. The average molecular weight is 492 g/mol. The molecule has 0 unspecified atom stereocenters. The van der Waals surface area contributed by atoms with Crippen molar-refractivity contribution >= 4 is 40.3 Å². The van der Waals surface area contributed by atoms with E-state index < -0.39 is 0 Å². The van der Waals surface area contributed by atoms with Gasteiger partial charge in [-0.15, -0.1) is 0 Å². The van der Waals surface area contributed by atoms with Gasteiger partial charge in [-0.05, 0) is 68.7 Å². The highest BCUT2D eigenvalue weighted by molar-refractivity contribution is 8.26. The van der Waals surface area contributed by atoms with Gasteiger partial charge in [-0.1, -0.05) is 56.0 Å². The van der Waals surface area contributed by atoms with E-state index in [2.05, 4.69) is 13.8 Å². The van der Waals surface area contributed by atoms with Gasteiger partial charge in [0.2, 0.25) is 0 Å². The fourth-order valence-electron chi connectivity index (χ4n) is 3.62. The van der Waals surface area contributed by atoms with Gasteiger partial charge in [0.25, 0.3) is 5.91 Å². The normalized spacial score (nSPS) is 15.2. The van der Waals surface area contributed by atoms with Crippen LogP contribution in [0.3, 0.4) is 0 Å². The quantitative estimate of drug-likeness (QED) is 0.263. The highest BCUT2D eigenvalue weighted by atomic mass is 32.2. The number of hydrogen-bond donors (Lipinski definition) is 0. The third kappa shape index (κ3) is 5.42. The van der Waals surface area contributed by atoms with Crippen molar-refractivity contribution in [2.75, 3.05) is 6.61 Å². The van der Waals surface area contributed by atoms with Crippen LogP contribution in [0.25, 0.3) is 23.0 Å². The Hall–Kier alpha value is -2.90. The van der Waals surface area contributed by atoms with Crippen LogP contribution in [0.5, 0.6) is 5.75 Å². The molecule has 1 saturated heterocycles.